The molecule has 0 aromatic carbocycles. The second-order valence-electron chi connectivity index (χ2n) is 16.1. The lowest BCUT2D eigenvalue weighted by Crippen LogP contribution is -2.59. The number of ketones is 1. The van der Waals surface area contributed by atoms with Crippen molar-refractivity contribution in [2.45, 2.75) is 109 Å². The van der Waals surface area contributed by atoms with Gasteiger partial charge in [0.05, 0.1) is 19.0 Å². The molecule has 0 radical (unpaired) electrons. The number of hydrogen-bond donors (Lipinski definition) is 1. The summed E-state index contributed by atoms with van der Waals surface area (Å²) in [6.07, 6.45) is -1.01. The van der Waals surface area contributed by atoms with Crippen LogP contribution >= 0.6 is 0 Å². The third-order valence-corrected chi connectivity index (χ3v) is 12.0. The number of amides is 1. The van der Waals surface area contributed by atoms with Gasteiger partial charge >= 0.3 is 6.18 Å². The van der Waals surface area contributed by atoms with Crippen molar-refractivity contribution in [3.8, 4) is 17.1 Å². The highest BCUT2D eigenvalue weighted by atomic mass is 28.3. The average molecular weight is 728 g/mol. The van der Waals surface area contributed by atoms with E-state index in [9.17, 15) is 27.2 Å². The molecule has 4 unspecified atom stereocenters. The lowest BCUT2D eigenvalue weighted by Gasteiger charge is -2.42. The molecular formula is C35H50F5N5O4Si. The number of methoxy groups -OCH3 is 1. The van der Waals surface area contributed by atoms with Crippen LogP contribution < -0.4 is 10.1 Å². The van der Waals surface area contributed by atoms with Crippen molar-refractivity contribution in [1.82, 2.24) is 25.0 Å². The van der Waals surface area contributed by atoms with Gasteiger partial charge in [0.1, 0.15) is 24.1 Å². The first kappa shape index (κ1) is 38.3. The molecule has 1 amide bonds. The molecule has 1 saturated heterocycles. The van der Waals surface area contributed by atoms with Gasteiger partial charge in [-0.2, -0.15) is 18.3 Å². The van der Waals surface area contributed by atoms with Crippen LogP contribution in [0.1, 0.15) is 62.9 Å². The van der Waals surface area contributed by atoms with Gasteiger partial charge in [-0.1, -0.05) is 19.6 Å². The lowest BCUT2D eigenvalue weighted by molar-refractivity contribution is -0.196. The molecule has 278 valence electrons. The number of hydrogen-bond acceptors (Lipinski definition) is 7. The number of nitrogens with zero attached hydrogens (tertiary/aromatic N) is 4. The van der Waals surface area contributed by atoms with E-state index in [1.165, 1.54) is 31.7 Å². The molecule has 50 heavy (non-hydrogen) atoms. The second kappa shape index (κ2) is 15.0. The van der Waals surface area contributed by atoms with Gasteiger partial charge in [-0.05, 0) is 76.3 Å². The van der Waals surface area contributed by atoms with Crippen LogP contribution in [0.4, 0.5) is 22.0 Å². The average Bonchev–Trinajstić information content (AvgIpc) is 3.54. The maximum absolute atomic E-state index is 15.1. The van der Waals surface area contributed by atoms with Crippen LogP contribution in [0.15, 0.2) is 18.3 Å². The molecular weight excluding hydrogens is 677 g/mol. The molecule has 0 spiro atoms. The van der Waals surface area contributed by atoms with Crippen molar-refractivity contribution in [2.24, 2.45) is 23.7 Å². The second-order valence-corrected chi connectivity index (χ2v) is 21.7. The Labute approximate surface area is 291 Å². The zero-order chi connectivity index (χ0) is 36.6. The number of fused-ring (bicyclic) bond motifs is 2. The number of pyridine rings is 1. The number of carbonyl (C=O) groups is 2. The fourth-order valence-corrected chi connectivity index (χ4v) is 8.72. The van der Waals surface area contributed by atoms with Gasteiger partial charge in [0.2, 0.25) is 11.8 Å². The highest BCUT2D eigenvalue weighted by Crippen LogP contribution is 2.50. The number of aromatic nitrogens is 3. The summed E-state index contributed by atoms with van der Waals surface area (Å²) in [5.41, 5.74) is -1.08. The first-order valence-electron chi connectivity index (χ1n) is 17.5. The lowest BCUT2D eigenvalue weighted by atomic mass is 9.70. The summed E-state index contributed by atoms with van der Waals surface area (Å²) < 4.78 is 83.3. The highest BCUT2D eigenvalue weighted by molar-refractivity contribution is 6.76. The molecule has 15 heteroatoms. The van der Waals surface area contributed by atoms with E-state index in [4.69, 9.17) is 9.47 Å². The van der Waals surface area contributed by atoms with Crippen LogP contribution in [0.25, 0.3) is 11.3 Å². The Hall–Kier alpha value is -2.91. The van der Waals surface area contributed by atoms with E-state index < -0.39 is 37.8 Å². The summed E-state index contributed by atoms with van der Waals surface area (Å²) >= 11 is 0. The molecule has 2 bridgehead atoms. The highest BCUT2D eigenvalue weighted by Gasteiger charge is 2.50. The van der Waals surface area contributed by atoms with E-state index >= 15 is 4.39 Å². The van der Waals surface area contributed by atoms with E-state index in [1.807, 2.05) is 0 Å². The van der Waals surface area contributed by atoms with Gasteiger partial charge in [-0.25, -0.2) is 18.4 Å². The van der Waals surface area contributed by atoms with Gasteiger partial charge < -0.3 is 14.8 Å². The van der Waals surface area contributed by atoms with E-state index in [0.717, 1.165) is 30.0 Å². The zero-order valence-electron chi connectivity index (χ0n) is 29.8. The Morgan fingerprint density at radius 2 is 1.72 bits per heavy atom. The van der Waals surface area contributed by atoms with E-state index in [2.05, 4.69) is 35.0 Å². The molecule has 9 nitrogen and oxygen atoms in total. The van der Waals surface area contributed by atoms with Crippen LogP contribution in [0.3, 0.4) is 0 Å². The first-order valence-corrected chi connectivity index (χ1v) is 21.2. The van der Waals surface area contributed by atoms with Crippen molar-refractivity contribution >= 4 is 19.8 Å². The van der Waals surface area contributed by atoms with E-state index in [-0.39, 0.29) is 85.2 Å². The summed E-state index contributed by atoms with van der Waals surface area (Å²) in [6.45, 7) is 9.29. The molecule has 6 atom stereocenters. The summed E-state index contributed by atoms with van der Waals surface area (Å²) in [5.74, 6) is -1.64. The monoisotopic (exact) mass is 727 g/mol. The third kappa shape index (κ3) is 9.30. The fourth-order valence-electron chi connectivity index (χ4n) is 7.96. The number of alkyl halides is 4. The maximum Gasteiger partial charge on any atom is 0.404 e. The fraction of sp³-hybridized carbons (Fsp3) is 0.714. The summed E-state index contributed by atoms with van der Waals surface area (Å²) in [6, 6.07) is 1.70. The quantitative estimate of drug-likeness (QED) is 0.104. The molecule has 1 aliphatic heterocycles. The minimum atomic E-state index is -4.49. The summed E-state index contributed by atoms with van der Waals surface area (Å²) in [5, 5.41) is 7.58. The number of carbonyl (C=O) groups excluding carboxylic acids is 2. The van der Waals surface area contributed by atoms with Crippen molar-refractivity contribution in [2.75, 3.05) is 26.8 Å². The van der Waals surface area contributed by atoms with Gasteiger partial charge in [0.25, 0.3) is 0 Å². The number of Topliss-reactive ketones (excluding diaryl/α,β-unsaturated/α-hetero) is 1. The number of piperidine rings is 1. The Morgan fingerprint density at radius 3 is 2.32 bits per heavy atom. The SMILES string of the molecule is COc1cc(-c2cc(C(=O)C3[C@@H]4CC[C@H]3CC(C(=O)NC3CCC(C(F)(F)F)N(CC(C)(C)F)C3)C4)nn2COCC[Si](C)(C)C)c(F)cn1. The third-order valence-electron chi connectivity index (χ3n) is 10.3. The number of halogens is 5. The molecule has 5 rings (SSSR count). The number of nitrogens with one attached hydrogen (secondary N) is 1. The maximum atomic E-state index is 15.1. The van der Waals surface area contributed by atoms with Crippen molar-refractivity contribution in [3.05, 3.63) is 29.8 Å². The molecule has 2 aromatic rings. The van der Waals surface area contributed by atoms with Crippen LogP contribution in [-0.4, -0.2) is 90.2 Å². The van der Waals surface area contributed by atoms with Gasteiger partial charge in [0.15, 0.2) is 11.6 Å². The zero-order valence-corrected chi connectivity index (χ0v) is 30.8. The van der Waals surface area contributed by atoms with E-state index in [1.54, 1.807) is 6.07 Å². The van der Waals surface area contributed by atoms with Crippen molar-refractivity contribution in [3.63, 3.8) is 0 Å². The number of likely N-dealkylation sites (tertiary alicyclic amines) is 1. The first-order chi connectivity index (χ1) is 23.3. The van der Waals surface area contributed by atoms with E-state index in [0.29, 0.717) is 25.1 Å². The van der Waals surface area contributed by atoms with Crippen LogP contribution in [0, 0.1) is 29.5 Å². The minimum Gasteiger partial charge on any atom is -0.481 e. The van der Waals surface area contributed by atoms with Crippen LogP contribution in [0.5, 0.6) is 5.88 Å². The van der Waals surface area contributed by atoms with Gasteiger partial charge in [0, 0.05) is 57.3 Å². The predicted octanol–water partition coefficient (Wildman–Crippen LogP) is 6.90. The molecule has 2 aliphatic carbocycles. The molecule has 3 fully saturated rings. The van der Waals surface area contributed by atoms with Gasteiger partial charge in [-0.3, -0.25) is 14.5 Å². The van der Waals surface area contributed by atoms with Crippen molar-refractivity contribution < 1.29 is 41.0 Å². The Morgan fingerprint density at radius 1 is 1.04 bits per heavy atom. The van der Waals surface area contributed by atoms with Gasteiger partial charge in [-0.15, -0.1) is 0 Å². The summed E-state index contributed by atoms with van der Waals surface area (Å²) in [4.78, 5) is 32.6. The van der Waals surface area contributed by atoms with Crippen LogP contribution in [-0.2, 0) is 16.3 Å². The summed E-state index contributed by atoms with van der Waals surface area (Å²) in [7, 11) is 0.0680. The molecule has 2 aromatic heterocycles. The van der Waals surface area contributed by atoms with Crippen molar-refractivity contribution in [1.29, 1.82) is 0 Å². The predicted molar refractivity (Wildman–Crippen MR) is 181 cm³/mol. The number of ether oxygens (including phenoxy) is 2. The number of rotatable bonds is 13. The minimum absolute atomic E-state index is 0.0298. The Kier molecular flexibility index (Phi) is 11.5. The molecule has 3 heterocycles. The standard InChI is InChI=1S/C35H50F5N5O4Si/c1-34(2,37)19-44-18-24(9-10-29(44)35(38,39)40)42-33(47)23-13-21-7-8-22(14-23)31(21)32(46)27-16-28(25-15-30(48-3)41-17-26(25)36)45(43-27)20-49-11-12-50(4,5)6/h15-17,21-24,29,31H,7-14,18-20H2,1-6H3,(H,42,47)/t21-,22+,23?,24?,29?,31?. The largest absolute Gasteiger partial charge is 0.481 e. The Bertz CT molecular complexity index is 1510. The molecule has 2 saturated carbocycles. The topological polar surface area (TPSA) is 98.6 Å². The Balaban J connectivity index is 1.28. The molecule has 3 aliphatic rings. The van der Waals surface area contributed by atoms with Crippen LogP contribution in [0.2, 0.25) is 25.7 Å². The smallest absolute Gasteiger partial charge is 0.404 e. The normalized spacial score (nSPS) is 26.2. The molecule has 1 N–H and O–H groups in total.